The van der Waals surface area contributed by atoms with E-state index >= 15 is 0 Å². The molecule has 0 bridgehead atoms. The van der Waals surface area contributed by atoms with Crippen LogP contribution in [0, 0.1) is 0 Å². The minimum absolute atomic E-state index is 0.175. The summed E-state index contributed by atoms with van der Waals surface area (Å²) in [4.78, 5) is 14.8. The van der Waals surface area contributed by atoms with Crippen molar-refractivity contribution < 1.29 is 27.8 Å². The highest BCUT2D eigenvalue weighted by Gasteiger charge is 2.35. The van der Waals surface area contributed by atoms with Crippen LogP contribution in [0.25, 0.3) is 0 Å². The summed E-state index contributed by atoms with van der Waals surface area (Å²) in [6.07, 6.45) is -4.48. The van der Waals surface area contributed by atoms with Gasteiger partial charge in [-0.1, -0.05) is 12.1 Å². The maximum Gasteiger partial charge on any atom is 0.418 e. The van der Waals surface area contributed by atoms with Crippen LogP contribution >= 0.6 is 0 Å². The Hall–Kier alpha value is -1.60. The summed E-state index contributed by atoms with van der Waals surface area (Å²) in [6.45, 7) is 5.39. The summed E-state index contributed by atoms with van der Waals surface area (Å²) < 4.78 is 38.8. The maximum atomic E-state index is 12.9. The van der Waals surface area contributed by atoms with E-state index in [4.69, 9.17) is 0 Å². The van der Waals surface area contributed by atoms with E-state index in [1.54, 1.807) is 6.92 Å². The standard InChI is InChI=1S/C15H20F3N3O/c1-11(21-9-7-20(2)8-10-21)14(22)19-13-6-4-3-5-12(13)15(16,17)18/h3-6,11H,7-10H2,1-2H3,(H,19,22)/p+2/t11-/m1/s1. The van der Waals surface area contributed by atoms with Crippen molar-refractivity contribution in [1.29, 1.82) is 0 Å². The Morgan fingerprint density at radius 1 is 1.18 bits per heavy atom. The van der Waals surface area contributed by atoms with Crippen molar-refractivity contribution in [3.05, 3.63) is 29.8 Å². The molecular weight excluding hydrogens is 295 g/mol. The molecule has 1 saturated heterocycles. The maximum absolute atomic E-state index is 12.9. The number of benzene rings is 1. The molecule has 0 unspecified atom stereocenters. The first-order valence-electron chi connectivity index (χ1n) is 7.42. The molecule has 1 aliphatic rings. The van der Waals surface area contributed by atoms with E-state index in [1.807, 2.05) is 0 Å². The van der Waals surface area contributed by atoms with E-state index < -0.39 is 11.7 Å². The molecule has 0 saturated carbocycles. The summed E-state index contributed by atoms with van der Waals surface area (Å²) in [7, 11) is 2.10. The van der Waals surface area contributed by atoms with Crippen molar-refractivity contribution in [3.8, 4) is 0 Å². The highest BCUT2D eigenvalue weighted by Crippen LogP contribution is 2.34. The molecule has 7 heteroatoms. The Bertz CT molecular complexity index is 525. The van der Waals surface area contributed by atoms with Gasteiger partial charge in [0.1, 0.15) is 26.2 Å². The van der Waals surface area contributed by atoms with Gasteiger partial charge in [0.25, 0.3) is 5.91 Å². The number of anilines is 1. The van der Waals surface area contributed by atoms with Gasteiger partial charge in [0.05, 0.1) is 18.3 Å². The van der Waals surface area contributed by atoms with Crippen molar-refractivity contribution in [2.45, 2.75) is 19.1 Å². The SMILES string of the molecule is C[C@H](C(=O)Nc1ccccc1C(F)(F)F)[NH+]1CC[NH+](C)CC1. The lowest BCUT2D eigenvalue weighted by Crippen LogP contribution is -3.29. The van der Waals surface area contributed by atoms with E-state index in [1.165, 1.54) is 23.1 Å². The van der Waals surface area contributed by atoms with E-state index in [0.29, 0.717) is 0 Å². The molecule has 0 radical (unpaired) electrons. The number of piperazine rings is 1. The first-order chi connectivity index (χ1) is 10.3. The molecule has 4 nitrogen and oxygen atoms in total. The Kier molecular flexibility index (Phi) is 5.08. The molecule has 1 aromatic rings. The Morgan fingerprint density at radius 2 is 1.77 bits per heavy atom. The van der Waals surface area contributed by atoms with Gasteiger partial charge in [-0.15, -0.1) is 0 Å². The van der Waals surface area contributed by atoms with Gasteiger partial charge in [-0.25, -0.2) is 0 Å². The second-order valence-corrected chi connectivity index (χ2v) is 5.87. The highest BCUT2D eigenvalue weighted by atomic mass is 19.4. The number of alkyl halides is 3. The van der Waals surface area contributed by atoms with Crippen LogP contribution in [-0.2, 0) is 11.0 Å². The second kappa shape index (κ2) is 6.66. The number of nitrogens with one attached hydrogen (secondary N) is 3. The van der Waals surface area contributed by atoms with Crippen LogP contribution < -0.4 is 15.1 Å². The molecule has 0 spiro atoms. The van der Waals surface area contributed by atoms with Crippen molar-refractivity contribution in [1.82, 2.24) is 0 Å². The fourth-order valence-electron chi connectivity index (χ4n) is 2.70. The van der Waals surface area contributed by atoms with Gasteiger partial charge < -0.3 is 15.1 Å². The number of halogens is 3. The van der Waals surface area contributed by atoms with Crippen molar-refractivity contribution >= 4 is 11.6 Å². The van der Waals surface area contributed by atoms with E-state index in [9.17, 15) is 18.0 Å². The van der Waals surface area contributed by atoms with Crippen LogP contribution in [0.3, 0.4) is 0 Å². The largest absolute Gasteiger partial charge is 0.418 e. The average molecular weight is 317 g/mol. The summed E-state index contributed by atoms with van der Waals surface area (Å²) in [5.41, 5.74) is -0.987. The fourth-order valence-corrected chi connectivity index (χ4v) is 2.70. The van der Waals surface area contributed by atoms with Crippen LogP contribution in [0.5, 0.6) is 0 Å². The van der Waals surface area contributed by atoms with Crippen LogP contribution in [0.2, 0.25) is 0 Å². The lowest BCUT2D eigenvalue weighted by Gasteiger charge is -2.31. The second-order valence-electron chi connectivity index (χ2n) is 5.87. The molecule has 22 heavy (non-hydrogen) atoms. The summed E-state index contributed by atoms with van der Waals surface area (Å²) in [6, 6.07) is 4.70. The van der Waals surface area contributed by atoms with Crippen molar-refractivity contribution in [2.75, 3.05) is 38.5 Å². The van der Waals surface area contributed by atoms with Crippen molar-refractivity contribution in [2.24, 2.45) is 0 Å². The van der Waals surface area contributed by atoms with Crippen molar-refractivity contribution in [3.63, 3.8) is 0 Å². The van der Waals surface area contributed by atoms with Gasteiger partial charge in [-0.05, 0) is 19.1 Å². The Morgan fingerprint density at radius 3 is 2.36 bits per heavy atom. The number of quaternary nitrogens is 2. The number of hydrogen-bond donors (Lipinski definition) is 3. The van der Waals surface area contributed by atoms with Gasteiger partial charge in [0.2, 0.25) is 0 Å². The number of carbonyl (C=O) groups excluding carboxylic acids is 1. The van der Waals surface area contributed by atoms with Gasteiger partial charge in [-0.2, -0.15) is 13.2 Å². The summed E-state index contributed by atoms with van der Waals surface area (Å²) in [5, 5.41) is 2.44. The van der Waals surface area contributed by atoms with Gasteiger partial charge in [-0.3, -0.25) is 4.79 Å². The van der Waals surface area contributed by atoms with Gasteiger partial charge in [0.15, 0.2) is 6.04 Å². The third kappa shape index (κ3) is 3.98. The average Bonchev–Trinajstić information content (AvgIpc) is 2.46. The van der Waals surface area contributed by atoms with Crippen LogP contribution in [-0.4, -0.2) is 45.2 Å². The summed E-state index contributed by atoms with van der Waals surface area (Å²) in [5.74, 6) is -0.369. The number of para-hydroxylation sites is 1. The first kappa shape index (κ1) is 16.8. The number of carbonyl (C=O) groups is 1. The number of hydrogen-bond acceptors (Lipinski definition) is 1. The van der Waals surface area contributed by atoms with Crippen LogP contribution in [0.15, 0.2) is 24.3 Å². The molecule has 2 rings (SSSR count). The first-order valence-corrected chi connectivity index (χ1v) is 7.42. The third-order valence-corrected chi connectivity index (χ3v) is 4.24. The predicted octanol–water partition coefficient (Wildman–Crippen LogP) is -0.554. The van der Waals surface area contributed by atoms with Gasteiger partial charge in [0, 0.05) is 0 Å². The quantitative estimate of drug-likeness (QED) is 0.687. The number of likely N-dealkylation sites (N-methyl/N-ethyl adjacent to an activating group) is 1. The molecule has 1 heterocycles. The minimum atomic E-state index is -4.48. The topological polar surface area (TPSA) is 38.0 Å². The number of amides is 1. The predicted molar refractivity (Wildman–Crippen MR) is 76.9 cm³/mol. The molecule has 1 atom stereocenters. The molecular formula is C15H22F3N3O+2. The molecule has 1 aliphatic heterocycles. The normalized spacial score (nSPS) is 23.9. The zero-order valence-electron chi connectivity index (χ0n) is 12.8. The summed E-state index contributed by atoms with van der Waals surface area (Å²) >= 11 is 0. The monoisotopic (exact) mass is 317 g/mol. The third-order valence-electron chi connectivity index (χ3n) is 4.24. The lowest BCUT2D eigenvalue weighted by atomic mass is 10.1. The van der Waals surface area contributed by atoms with Crippen LogP contribution in [0.4, 0.5) is 18.9 Å². The molecule has 1 aromatic carbocycles. The minimum Gasteiger partial charge on any atom is -0.328 e. The van der Waals surface area contributed by atoms with E-state index in [2.05, 4.69) is 12.4 Å². The highest BCUT2D eigenvalue weighted by molar-refractivity contribution is 5.94. The number of rotatable bonds is 3. The van der Waals surface area contributed by atoms with Crippen LogP contribution in [0.1, 0.15) is 12.5 Å². The molecule has 122 valence electrons. The lowest BCUT2D eigenvalue weighted by molar-refractivity contribution is -1.01. The molecule has 3 N–H and O–H groups in total. The molecule has 1 fully saturated rings. The van der Waals surface area contributed by atoms with E-state index in [0.717, 1.165) is 37.1 Å². The fraction of sp³-hybridized carbons (Fsp3) is 0.533. The molecule has 0 aliphatic carbocycles. The molecule has 0 aromatic heterocycles. The Balaban J connectivity index is 2.06. The Labute approximate surface area is 127 Å². The zero-order valence-corrected chi connectivity index (χ0v) is 12.8. The molecule has 1 amide bonds. The van der Waals surface area contributed by atoms with E-state index in [-0.39, 0.29) is 17.6 Å². The smallest absolute Gasteiger partial charge is 0.328 e. The zero-order chi connectivity index (χ0) is 16.3. The van der Waals surface area contributed by atoms with Gasteiger partial charge >= 0.3 is 6.18 Å².